The molecule has 4 aliphatic carbocycles. The molecule has 170 valence electrons. The second kappa shape index (κ2) is 7.90. The number of hydrogen-bond acceptors (Lipinski definition) is 3. The molecule has 0 aromatic carbocycles. The molecule has 0 aromatic heterocycles. The number of carbonyl (C=O) groups excluding carboxylic acids is 1. The highest BCUT2D eigenvalue weighted by Crippen LogP contribution is 2.68. The zero-order valence-corrected chi connectivity index (χ0v) is 18.9. The van der Waals surface area contributed by atoms with Crippen molar-refractivity contribution in [3.8, 4) is 0 Å². The first-order chi connectivity index (χ1) is 15.3. The summed E-state index contributed by atoms with van der Waals surface area (Å²) in [5, 5.41) is 19.6. The van der Waals surface area contributed by atoms with Crippen molar-refractivity contribution in [2.24, 2.45) is 52.3 Å². The molecule has 4 nitrogen and oxygen atoms in total. The quantitative estimate of drug-likeness (QED) is 0.630. The summed E-state index contributed by atoms with van der Waals surface area (Å²) in [4.78, 5) is 25.3. The molecule has 4 fully saturated rings. The Labute approximate surface area is 186 Å². The van der Waals surface area contributed by atoms with E-state index in [2.05, 4.69) is 20.8 Å². The Morgan fingerprint density at radius 3 is 2.53 bits per heavy atom. The fourth-order valence-electron chi connectivity index (χ4n) is 8.92. The number of carboxylic acid groups (broad SMARTS) is 1. The maximum atomic E-state index is 14.1. The number of aliphatic hydroxyl groups excluding tert-OH is 1. The predicted molar refractivity (Wildman–Crippen MR) is 117 cm³/mol. The Hall–Kier alpha value is -0.900. The Kier molecular flexibility index (Phi) is 4.91. The van der Waals surface area contributed by atoms with E-state index in [1.54, 1.807) is 0 Å². The summed E-state index contributed by atoms with van der Waals surface area (Å²) in [6.07, 6.45) is 6.54. The van der Waals surface area contributed by atoms with Crippen LogP contribution in [0.2, 0.25) is 0 Å². The fraction of sp³-hybridized carbons (Fsp3) is 0.923. The molecule has 10 atom stereocenters. The maximum Gasteiger partial charge on any atom is 0.303 e. The average Bonchev–Trinajstić information content (AvgIpc) is 3.06. The van der Waals surface area contributed by atoms with Crippen LogP contribution in [0.15, 0.2) is 0 Å². The van der Waals surface area contributed by atoms with Crippen LogP contribution in [0.3, 0.4) is 0 Å². The van der Waals surface area contributed by atoms with Gasteiger partial charge in [-0.3, -0.25) is 9.59 Å². The third kappa shape index (κ3) is 3.27. The normalized spacial score (nSPS) is 51.0. The van der Waals surface area contributed by atoms with Crippen LogP contribution >= 0.6 is 0 Å². The van der Waals surface area contributed by atoms with Crippen molar-refractivity contribution in [2.75, 3.05) is 0 Å². The van der Waals surface area contributed by atoms with Crippen molar-refractivity contribution in [1.29, 1.82) is 0 Å². The molecule has 0 amide bonds. The second-order valence-corrected chi connectivity index (χ2v) is 11.6. The number of rotatable bonds is 5. The van der Waals surface area contributed by atoms with E-state index in [1.807, 2.05) is 0 Å². The van der Waals surface area contributed by atoms with E-state index in [-0.39, 0.29) is 53.1 Å². The zero-order valence-electron chi connectivity index (χ0n) is 21.9. The van der Waals surface area contributed by atoms with Crippen molar-refractivity contribution in [2.45, 2.75) is 97.9 Å². The molecule has 0 radical (unpaired) electrons. The highest BCUT2D eigenvalue weighted by molar-refractivity contribution is 5.86. The highest BCUT2D eigenvalue weighted by Gasteiger charge is 2.65. The van der Waals surface area contributed by atoms with Gasteiger partial charge in [0.15, 0.2) is 0 Å². The van der Waals surface area contributed by atoms with Gasteiger partial charge < -0.3 is 10.2 Å². The van der Waals surface area contributed by atoms with Crippen LogP contribution in [-0.2, 0) is 9.59 Å². The number of Topliss-reactive ketones (excluding diaryl/α,β-unsaturated/α-hetero) is 1. The molecule has 0 bridgehead atoms. The SMILES string of the molecule is [2H]C([2H])([2H])C[C@H]1C(=O)C2C3CCC([C@H](C)CCC(=O)O)[C@@]3(C)CCC2[C@@]2(C)CC[C@@H](O)C[C@@H]12. The first-order valence-corrected chi connectivity index (χ1v) is 12.2. The molecule has 4 saturated carbocycles. The molecule has 4 aliphatic rings. The number of aliphatic hydroxyl groups is 1. The minimum absolute atomic E-state index is 0.0106. The Morgan fingerprint density at radius 1 is 1.13 bits per heavy atom. The molecule has 4 rings (SSSR count). The lowest BCUT2D eigenvalue weighted by atomic mass is 9.42. The van der Waals surface area contributed by atoms with Crippen LogP contribution in [0.1, 0.15) is 95.9 Å². The van der Waals surface area contributed by atoms with Crippen molar-refractivity contribution in [3.05, 3.63) is 0 Å². The lowest BCUT2D eigenvalue weighted by molar-refractivity contribution is -0.173. The van der Waals surface area contributed by atoms with Gasteiger partial charge in [-0.2, -0.15) is 0 Å². The van der Waals surface area contributed by atoms with E-state index in [9.17, 15) is 14.7 Å². The van der Waals surface area contributed by atoms with Gasteiger partial charge in [0.25, 0.3) is 0 Å². The monoisotopic (exact) mass is 421 g/mol. The topological polar surface area (TPSA) is 74.6 Å². The molecular weight excluding hydrogens is 376 g/mol. The summed E-state index contributed by atoms with van der Waals surface area (Å²) in [5.74, 6) is 0.000666. The van der Waals surface area contributed by atoms with Gasteiger partial charge in [0.2, 0.25) is 0 Å². The zero-order chi connectivity index (χ0) is 24.3. The number of carboxylic acids is 1. The highest BCUT2D eigenvalue weighted by atomic mass is 16.4. The minimum Gasteiger partial charge on any atom is -0.481 e. The summed E-state index contributed by atoms with van der Waals surface area (Å²) < 4.78 is 23.8. The molecule has 4 heteroatoms. The largest absolute Gasteiger partial charge is 0.481 e. The van der Waals surface area contributed by atoms with Crippen LogP contribution in [0.4, 0.5) is 0 Å². The van der Waals surface area contributed by atoms with Gasteiger partial charge in [0.1, 0.15) is 5.78 Å². The predicted octanol–water partition coefficient (Wildman–Crippen LogP) is 5.32. The van der Waals surface area contributed by atoms with E-state index in [0.717, 1.165) is 38.5 Å². The van der Waals surface area contributed by atoms with E-state index in [4.69, 9.17) is 9.22 Å². The third-order valence-electron chi connectivity index (χ3n) is 10.5. The summed E-state index contributed by atoms with van der Waals surface area (Å²) >= 11 is 0. The van der Waals surface area contributed by atoms with Crippen LogP contribution in [0.25, 0.3) is 0 Å². The molecule has 4 unspecified atom stereocenters. The van der Waals surface area contributed by atoms with Crippen molar-refractivity contribution >= 4 is 11.8 Å². The van der Waals surface area contributed by atoms with Crippen molar-refractivity contribution in [1.82, 2.24) is 0 Å². The number of carbonyl (C=O) groups is 2. The Bertz CT molecular complexity index is 782. The average molecular weight is 422 g/mol. The standard InChI is InChI=1S/C26H42O4/c1-5-17-21-14-16(27)10-12-26(21,4)20-11-13-25(3)18(15(2)6-9-22(28)29)7-8-19(25)23(20)24(17)30/h15-21,23,27H,5-14H2,1-4H3,(H,28,29)/t15-,16-,17-,18?,19?,20?,21+,23?,25-,26-/m1/s1/i1D3. The van der Waals surface area contributed by atoms with E-state index in [1.165, 1.54) is 0 Å². The smallest absolute Gasteiger partial charge is 0.303 e. The maximum absolute atomic E-state index is 14.1. The van der Waals surface area contributed by atoms with Crippen molar-refractivity contribution < 1.29 is 23.9 Å². The number of aliphatic carboxylic acids is 1. The van der Waals surface area contributed by atoms with Gasteiger partial charge in [0.05, 0.1) is 6.10 Å². The molecule has 30 heavy (non-hydrogen) atoms. The summed E-state index contributed by atoms with van der Waals surface area (Å²) in [7, 11) is 0. The fourth-order valence-corrected chi connectivity index (χ4v) is 8.92. The Morgan fingerprint density at radius 2 is 1.83 bits per heavy atom. The summed E-state index contributed by atoms with van der Waals surface area (Å²) in [6, 6.07) is 0. The molecule has 0 saturated heterocycles. The van der Waals surface area contributed by atoms with E-state index >= 15 is 0 Å². The molecule has 0 aromatic rings. The first-order valence-electron chi connectivity index (χ1n) is 13.7. The third-order valence-corrected chi connectivity index (χ3v) is 10.5. The van der Waals surface area contributed by atoms with Gasteiger partial charge in [-0.05, 0) is 98.2 Å². The minimum atomic E-state index is -2.15. The lowest BCUT2D eigenvalue weighted by Gasteiger charge is -2.62. The molecule has 0 spiro atoms. The lowest BCUT2D eigenvalue weighted by Crippen LogP contribution is -2.60. The van der Waals surface area contributed by atoms with Crippen LogP contribution in [-0.4, -0.2) is 28.1 Å². The van der Waals surface area contributed by atoms with Gasteiger partial charge in [-0.1, -0.05) is 27.6 Å². The number of fused-ring (bicyclic) bond motifs is 5. The van der Waals surface area contributed by atoms with Crippen LogP contribution in [0.5, 0.6) is 0 Å². The van der Waals surface area contributed by atoms with E-state index < -0.39 is 24.8 Å². The van der Waals surface area contributed by atoms with E-state index in [0.29, 0.717) is 24.7 Å². The van der Waals surface area contributed by atoms with Gasteiger partial charge in [0, 0.05) is 22.4 Å². The molecule has 2 N–H and O–H groups in total. The van der Waals surface area contributed by atoms with Gasteiger partial charge in [-0.15, -0.1) is 0 Å². The summed E-state index contributed by atoms with van der Waals surface area (Å²) in [5.41, 5.74) is -0.0846. The number of ketones is 1. The number of hydrogen-bond donors (Lipinski definition) is 2. The first kappa shape index (κ1) is 18.7. The van der Waals surface area contributed by atoms with Crippen molar-refractivity contribution in [3.63, 3.8) is 0 Å². The Balaban J connectivity index is 1.66. The molecule has 0 aliphatic heterocycles. The van der Waals surface area contributed by atoms with Crippen LogP contribution < -0.4 is 0 Å². The van der Waals surface area contributed by atoms with Crippen LogP contribution in [0, 0.1) is 52.3 Å². The summed E-state index contributed by atoms with van der Waals surface area (Å²) in [6.45, 7) is 4.63. The molecule has 0 heterocycles. The molecular formula is C26H42O4. The second-order valence-electron chi connectivity index (χ2n) is 11.6. The van der Waals surface area contributed by atoms with Gasteiger partial charge in [-0.25, -0.2) is 0 Å². The van der Waals surface area contributed by atoms with Gasteiger partial charge >= 0.3 is 5.97 Å².